The highest BCUT2D eigenvalue weighted by molar-refractivity contribution is 6.31. The molecule has 3 aromatic rings. The van der Waals surface area contributed by atoms with Gasteiger partial charge in [-0.2, -0.15) is 0 Å². The zero-order valence-electron chi connectivity index (χ0n) is 20.7. The van der Waals surface area contributed by atoms with Crippen LogP contribution < -0.4 is 14.8 Å². The van der Waals surface area contributed by atoms with Crippen molar-refractivity contribution in [3.63, 3.8) is 0 Å². The second-order valence-corrected chi connectivity index (χ2v) is 9.91. The molecule has 1 N–H and O–H groups in total. The van der Waals surface area contributed by atoms with E-state index in [1.165, 1.54) is 18.5 Å². The Morgan fingerprint density at radius 3 is 2.76 bits per heavy atom. The van der Waals surface area contributed by atoms with Gasteiger partial charge in [-0.1, -0.05) is 11.6 Å². The number of carbonyl (C=O) groups excluding carboxylic acids is 1. The maximum absolute atomic E-state index is 13.5. The third kappa shape index (κ3) is 6.05. The number of methoxy groups -OCH3 is 1. The lowest BCUT2D eigenvalue weighted by atomic mass is 9.91. The van der Waals surface area contributed by atoms with Crippen LogP contribution >= 0.6 is 11.6 Å². The molecule has 2 saturated heterocycles. The zero-order chi connectivity index (χ0) is 25.8. The van der Waals surface area contributed by atoms with Crippen molar-refractivity contribution in [3.8, 4) is 11.5 Å². The highest BCUT2D eigenvalue weighted by Crippen LogP contribution is 2.35. The lowest BCUT2D eigenvalue weighted by Crippen LogP contribution is -2.41. The van der Waals surface area contributed by atoms with E-state index >= 15 is 0 Å². The number of ether oxygens (including phenoxy) is 3. The molecule has 196 valence electrons. The van der Waals surface area contributed by atoms with Crippen LogP contribution in [0.2, 0.25) is 5.02 Å². The molecule has 37 heavy (non-hydrogen) atoms. The van der Waals surface area contributed by atoms with E-state index < -0.39 is 5.82 Å². The number of fused-ring (bicyclic) bond motifs is 1. The first-order valence-corrected chi connectivity index (χ1v) is 12.9. The molecule has 1 atom stereocenters. The van der Waals surface area contributed by atoms with Crippen molar-refractivity contribution in [2.75, 3.05) is 38.7 Å². The molecule has 10 heteroatoms. The van der Waals surface area contributed by atoms with E-state index in [-0.39, 0.29) is 17.0 Å². The van der Waals surface area contributed by atoms with Crippen LogP contribution in [0.3, 0.4) is 0 Å². The van der Waals surface area contributed by atoms with Gasteiger partial charge in [0.15, 0.2) is 11.5 Å². The Labute approximate surface area is 220 Å². The van der Waals surface area contributed by atoms with Crippen LogP contribution in [-0.4, -0.2) is 60.3 Å². The minimum Gasteiger partial charge on any atom is -0.493 e. The van der Waals surface area contributed by atoms with Crippen molar-refractivity contribution in [1.29, 1.82) is 0 Å². The van der Waals surface area contributed by atoms with E-state index in [1.807, 2.05) is 12.1 Å². The number of hydrogen-bond donors (Lipinski definition) is 1. The van der Waals surface area contributed by atoms with Gasteiger partial charge in [0.25, 0.3) is 0 Å². The Kier molecular flexibility index (Phi) is 7.90. The van der Waals surface area contributed by atoms with Gasteiger partial charge in [0.05, 0.1) is 36.7 Å². The molecule has 1 aromatic heterocycles. The maximum Gasteiger partial charge on any atom is 0.307 e. The van der Waals surface area contributed by atoms with Crippen molar-refractivity contribution >= 4 is 40.0 Å². The van der Waals surface area contributed by atoms with Crippen molar-refractivity contribution in [2.24, 2.45) is 5.92 Å². The molecule has 0 bridgehead atoms. The summed E-state index contributed by atoms with van der Waals surface area (Å²) in [5.74, 6) is 1.88. The van der Waals surface area contributed by atoms with Gasteiger partial charge in [-0.3, -0.25) is 9.69 Å². The second kappa shape index (κ2) is 11.5. The molecule has 0 amide bonds. The molecule has 0 radical (unpaired) electrons. The van der Waals surface area contributed by atoms with Gasteiger partial charge in [-0.15, -0.1) is 0 Å². The van der Waals surface area contributed by atoms with Gasteiger partial charge in [0.2, 0.25) is 0 Å². The Balaban J connectivity index is 1.17. The predicted molar refractivity (Wildman–Crippen MR) is 139 cm³/mol. The standard InChI is InChI=1S/C27H30ClFN4O4/c1-35-24-13-20-23(30-16-31-27(20)32-18-4-5-22(29)21(28)11-18)14-25(24)36-10-2-3-17-6-8-33(9-7-17)19-12-26(34)37-15-19/h4-5,11,13-14,16-17,19H,2-3,6-10,12,15H2,1H3,(H,30,31,32). The van der Waals surface area contributed by atoms with E-state index in [0.717, 1.165) is 44.2 Å². The number of nitrogens with one attached hydrogen (secondary N) is 1. The average molecular weight is 529 g/mol. The van der Waals surface area contributed by atoms with E-state index in [9.17, 15) is 9.18 Å². The van der Waals surface area contributed by atoms with Gasteiger partial charge < -0.3 is 19.5 Å². The third-order valence-corrected chi connectivity index (χ3v) is 7.41. The zero-order valence-corrected chi connectivity index (χ0v) is 21.5. The maximum atomic E-state index is 13.5. The predicted octanol–water partition coefficient (Wildman–Crippen LogP) is 5.36. The average Bonchev–Trinajstić information content (AvgIpc) is 3.35. The van der Waals surface area contributed by atoms with Crippen LogP contribution in [-0.2, 0) is 9.53 Å². The SMILES string of the molecule is COc1cc2c(Nc3ccc(F)c(Cl)c3)ncnc2cc1OCCCC1CCN(C2COC(=O)C2)CC1. The van der Waals surface area contributed by atoms with Crippen molar-refractivity contribution in [2.45, 2.75) is 38.1 Å². The second-order valence-electron chi connectivity index (χ2n) is 9.51. The molecule has 0 aliphatic carbocycles. The summed E-state index contributed by atoms with van der Waals surface area (Å²) in [5, 5.41) is 3.95. The monoisotopic (exact) mass is 528 g/mol. The summed E-state index contributed by atoms with van der Waals surface area (Å²) in [4.78, 5) is 22.5. The lowest BCUT2D eigenvalue weighted by molar-refractivity contribution is -0.137. The summed E-state index contributed by atoms with van der Waals surface area (Å²) in [7, 11) is 1.60. The smallest absolute Gasteiger partial charge is 0.307 e. The number of carbonyl (C=O) groups is 1. The molecule has 5 rings (SSSR count). The highest BCUT2D eigenvalue weighted by Gasteiger charge is 2.31. The number of hydrogen-bond acceptors (Lipinski definition) is 8. The van der Waals surface area contributed by atoms with Crippen molar-refractivity contribution in [3.05, 3.63) is 47.5 Å². The summed E-state index contributed by atoms with van der Waals surface area (Å²) in [5.41, 5.74) is 1.31. The largest absolute Gasteiger partial charge is 0.493 e. The minimum absolute atomic E-state index is 0.0297. The number of rotatable bonds is 9. The van der Waals surface area contributed by atoms with E-state index in [1.54, 1.807) is 13.2 Å². The molecular formula is C27H30ClFN4O4. The van der Waals surface area contributed by atoms with Gasteiger partial charge in [0, 0.05) is 17.1 Å². The van der Waals surface area contributed by atoms with Crippen LogP contribution in [0.15, 0.2) is 36.7 Å². The number of anilines is 2. The highest BCUT2D eigenvalue weighted by atomic mass is 35.5. The molecule has 1 unspecified atom stereocenters. The summed E-state index contributed by atoms with van der Waals surface area (Å²) in [6, 6.07) is 8.35. The van der Waals surface area contributed by atoms with Crippen molar-refractivity contribution < 1.29 is 23.4 Å². The van der Waals surface area contributed by atoms with Gasteiger partial charge in [-0.05, 0) is 69.0 Å². The molecule has 2 aromatic carbocycles. The summed E-state index contributed by atoms with van der Waals surface area (Å²) < 4.78 is 30.3. The Hall–Kier alpha value is -3.17. The Morgan fingerprint density at radius 2 is 2.03 bits per heavy atom. The van der Waals surface area contributed by atoms with Gasteiger partial charge >= 0.3 is 5.97 Å². The number of cyclic esters (lactones) is 1. The summed E-state index contributed by atoms with van der Waals surface area (Å²) in [6.07, 6.45) is 6.30. The number of piperidine rings is 1. The quantitative estimate of drug-likeness (QED) is 0.293. The number of aromatic nitrogens is 2. The third-order valence-electron chi connectivity index (χ3n) is 7.12. The topological polar surface area (TPSA) is 85.8 Å². The molecule has 0 saturated carbocycles. The number of benzene rings is 2. The van der Waals surface area contributed by atoms with Crippen LogP contribution in [0, 0.1) is 11.7 Å². The van der Waals surface area contributed by atoms with Crippen molar-refractivity contribution in [1.82, 2.24) is 14.9 Å². The van der Waals surface area contributed by atoms with E-state index in [2.05, 4.69) is 20.2 Å². The fourth-order valence-electron chi connectivity index (χ4n) is 5.04. The van der Waals surface area contributed by atoms with Crippen LogP contribution in [0.1, 0.15) is 32.1 Å². The molecule has 0 spiro atoms. The number of halogens is 2. The molecule has 2 aliphatic heterocycles. The lowest BCUT2D eigenvalue weighted by Gasteiger charge is -2.34. The van der Waals surface area contributed by atoms with Gasteiger partial charge in [-0.25, -0.2) is 14.4 Å². The van der Waals surface area contributed by atoms with Gasteiger partial charge in [0.1, 0.15) is 24.6 Å². The normalized spacial score (nSPS) is 18.7. The fourth-order valence-corrected chi connectivity index (χ4v) is 5.22. The van der Waals surface area contributed by atoms with E-state index in [0.29, 0.717) is 54.1 Å². The summed E-state index contributed by atoms with van der Waals surface area (Å²) >= 11 is 5.91. The first-order chi connectivity index (χ1) is 18.0. The Bertz CT molecular complexity index is 1270. The number of esters is 1. The fraction of sp³-hybridized carbons (Fsp3) is 0.444. The minimum atomic E-state index is -0.481. The van der Waals surface area contributed by atoms with Crippen LogP contribution in [0.4, 0.5) is 15.9 Å². The van der Waals surface area contributed by atoms with Crippen LogP contribution in [0.25, 0.3) is 10.9 Å². The molecule has 2 aliphatic rings. The first-order valence-electron chi connectivity index (χ1n) is 12.6. The molecule has 2 fully saturated rings. The van der Waals surface area contributed by atoms with Crippen LogP contribution in [0.5, 0.6) is 11.5 Å². The molecule has 8 nitrogen and oxygen atoms in total. The van der Waals surface area contributed by atoms with E-state index in [4.69, 9.17) is 25.8 Å². The Morgan fingerprint density at radius 1 is 1.19 bits per heavy atom. The molecular weight excluding hydrogens is 499 g/mol. The summed E-state index contributed by atoms with van der Waals surface area (Å²) in [6.45, 7) is 3.16. The number of nitrogens with zero attached hydrogens (tertiary/aromatic N) is 3. The molecule has 3 heterocycles. The first kappa shape index (κ1) is 25.5. The number of likely N-dealkylation sites (tertiary alicyclic amines) is 1.